The average molecular weight is 438 g/mol. The number of hydrogen-bond acceptors (Lipinski definition) is 3. The lowest BCUT2D eigenvalue weighted by Crippen LogP contribution is -2.39. The summed E-state index contributed by atoms with van der Waals surface area (Å²) in [4.78, 5) is 12.8. The van der Waals surface area contributed by atoms with Gasteiger partial charge in [0.15, 0.2) is 0 Å². The zero-order valence-electron chi connectivity index (χ0n) is 18.3. The van der Waals surface area contributed by atoms with E-state index in [2.05, 4.69) is 90.7 Å². The lowest BCUT2D eigenvalue weighted by molar-refractivity contribution is 0.274. The Bertz CT molecular complexity index is 1180. The minimum absolute atomic E-state index is 0.674. The van der Waals surface area contributed by atoms with Crippen molar-refractivity contribution in [2.24, 2.45) is 10.9 Å². The fourth-order valence-corrected chi connectivity index (χ4v) is 5.23. The van der Waals surface area contributed by atoms with E-state index in [-0.39, 0.29) is 0 Å². The van der Waals surface area contributed by atoms with Gasteiger partial charge < -0.3 is 4.90 Å². The number of amidine groups is 1. The van der Waals surface area contributed by atoms with Crippen LogP contribution in [0.15, 0.2) is 96.0 Å². The lowest BCUT2D eigenvalue weighted by atomic mass is 9.99. The van der Waals surface area contributed by atoms with Crippen LogP contribution in [0.4, 0.5) is 5.00 Å². The molecule has 1 fully saturated rings. The van der Waals surface area contributed by atoms with Crippen molar-refractivity contribution in [2.75, 3.05) is 13.1 Å². The number of likely N-dealkylation sites (tertiary alicyclic amines) is 1. The first-order valence-corrected chi connectivity index (χ1v) is 12.1. The van der Waals surface area contributed by atoms with E-state index in [1.165, 1.54) is 12.8 Å². The summed E-state index contributed by atoms with van der Waals surface area (Å²) in [6.45, 7) is 4.42. The van der Waals surface area contributed by atoms with Crippen LogP contribution in [-0.4, -0.2) is 28.8 Å². The molecule has 3 nitrogen and oxygen atoms in total. The van der Waals surface area contributed by atoms with Gasteiger partial charge >= 0.3 is 0 Å². The molecular weight excluding hydrogens is 410 g/mol. The van der Waals surface area contributed by atoms with Crippen molar-refractivity contribution in [2.45, 2.75) is 19.8 Å². The molecule has 5 rings (SSSR count). The number of benzene rings is 3. The Morgan fingerprint density at radius 3 is 2.16 bits per heavy atom. The normalized spacial score (nSPS) is 16.8. The number of aliphatic imine (C=N–C) groups is 1. The van der Waals surface area contributed by atoms with Crippen LogP contribution in [0, 0.1) is 5.92 Å². The van der Waals surface area contributed by atoms with Gasteiger partial charge in [-0.3, -0.25) is 0 Å². The largest absolute Gasteiger partial charge is 0.356 e. The highest BCUT2D eigenvalue weighted by molar-refractivity contribution is 7.19. The first-order chi connectivity index (χ1) is 15.8. The standard InChI is InChI=1S/C28H27N3S/c1-21-12-11-19-31(20-21)26(23-15-7-3-8-16-23)30-28-25(22-13-5-2-6-14-22)29-27(32-28)24-17-9-4-10-18-24/h2-10,13-18,21H,11-12,19-20H2,1H3/b30-26-. The topological polar surface area (TPSA) is 28.5 Å². The summed E-state index contributed by atoms with van der Waals surface area (Å²) in [5, 5.41) is 1.97. The van der Waals surface area contributed by atoms with Crippen LogP contribution >= 0.6 is 11.3 Å². The van der Waals surface area contributed by atoms with Crippen LogP contribution in [0.2, 0.25) is 0 Å². The second-order valence-corrected chi connectivity index (χ2v) is 9.38. The van der Waals surface area contributed by atoms with Crippen molar-refractivity contribution in [1.29, 1.82) is 0 Å². The summed E-state index contributed by atoms with van der Waals surface area (Å²) < 4.78 is 0. The van der Waals surface area contributed by atoms with E-state index in [4.69, 9.17) is 9.98 Å². The van der Waals surface area contributed by atoms with E-state index in [1.54, 1.807) is 11.3 Å². The highest BCUT2D eigenvalue weighted by atomic mass is 32.1. The first kappa shape index (κ1) is 20.7. The summed E-state index contributed by atoms with van der Waals surface area (Å²) >= 11 is 1.67. The molecule has 0 radical (unpaired) electrons. The van der Waals surface area contributed by atoms with Crippen molar-refractivity contribution in [1.82, 2.24) is 9.88 Å². The van der Waals surface area contributed by atoms with Gasteiger partial charge in [0.2, 0.25) is 0 Å². The molecule has 160 valence electrons. The van der Waals surface area contributed by atoms with Crippen LogP contribution < -0.4 is 0 Å². The van der Waals surface area contributed by atoms with Gasteiger partial charge in [-0.2, -0.15) is 0 Å². The SMILES string of the molecule is CC1CCCN(/C(=N\c2sc(-c3ccccc3)nc2-c2ccccc2)c2ccccc2)C1. The van der Waals surface area contributed by atoms with Crippen molar-refractivity contribution >= 4 is 22.2 Å². The summed E-state index contributed by atoms with van der Waals surface area (Å²) in [6.07, 6.45) is 2.49. The second kappa shape index (κ2) is 9.49. The number of hydrogen-bond donors (Lipinski definition) is 0. The Balaban J connectivity index is 1.65. The maximum atomic E-state index is 5.31. The van der Waals surface area contributed by atoms with E-state index in [1.807, 2.05) is 12.1 Å². The highest BCUT2D eigenvalue weighted by Gasteiger charge is 2.22. The Morgan fingerprint density at radius 2 is 1.50 bits per heavy atom. The third-order valence-corrected chi connectivity index (χ3v) is 6.87. The number of rotatable bonds is 4. The van der Waals surface area contributed by atoms with Crippen LogP contribution in [0.3, 0.4) is 0 Å². The van der Waals surface area contributed by atoms with Crippen LogP contribution in [-0.2, 0) is 0 Å². The molecule has 3 aromatic carbocycles. The molecule has 0 saturated carbocycles. The Hall–Kier alpha value is -3.24. The predicted octanol–water partition coefficient (Wildman–Crippen LogP) is 7.29. The molecule has 1 saturated heterocycles. The molecule has 4 aromatic rings. The van der Waals surface area contributed by atoms with Crippen LogP contribution in [0.5, 0.6) is 0 Å². The molecule has 0 amide bonds. The molecule has 1 aliphatic rings. The number of piperidine rings is 1. The summed E-state index contributed by atoms with van der Waals surface area (Å²) in [7, 11) is 0. The van der Waals surface area contributed by atoms with Crippen LogP contribution in [0.1, 0.15) is 25.3 Å². The molecule has 0 N–H and O–H groups in total. The van der Waals surface area contributed by atoms with Gasteiger partial charge in [-0.1, -0.05) is 109 Å². The smallest absolute Gasteiger partial charge is 0.146 e. The molecule has 32 heavy (non-hydrogen) atoms. The van der Waals surface area contributed by atoms with Gasteiger partial charge in [0.05, 0.1) is 0 Å². The second-order valence-electron chi connectivity index (χ2n) is 8.40. The van der Waals surface area contributed by atoms with Gasteiger partial charge in [-0.15, -0.1) is 0 Å². The number of thiazole rings is 1. The molecule has 0 spiro atoms. The Kier molecular flexibility index (Phi) is 6.13. The highest BCUT2D eigenvalue weighted by Crippen LogP contribution is 2.40. The van der Waals surface area contributed by atoms with Crippen molar-refractivity contribution in [3.05, 3.63) is 96.6 Å². The van der Waals surface area contributed by atoms with E-state index >= 15 is 0 Å². The average Bonchev–Trinajstić information content (AvgIpc) is 3.28. The molecule has 2 heterocycles. The van der Waals surface area contributed by atoms with E-state index < -0.39 is 0 Å². The third-order valence-electron chi connectivity index (χ3n) is 5.87. The van der Waals surface area contributed by atoms with E-state index in [0.29, 0.717) is 5.92 Å². The summed E-state index contributed by atoms with van der Waals surface area (Å²) in [5.41, 5.74) is 4.34. The number of nitrogens with zero attached hydrogens (tertiary/aromatic N) is 3. The maximum Gasteiger partial charge on any atom is 0.146 e. The van der Waals surface area contributed by atoms with Gasteiger partial charge in [0.1, 0.15) is 21.5 Å². The Labute approximate surface area is 194 Å². The van der Waals surface area contributed by atoms with E-state index in [9.17, 15) is 0 Å². The van der Waals surface area contributed by atoms with Crippen molar-refractivity contribution in [3.63, 3.8) is 0 Å². The molecule has 0 aliphatic carbocycles. The molecule has 1 atom stereocenters. The molecular formula is C28H27N3S. The fraction of sp³-hybridized carbons (Fsp3) is 0.214. The summed E-state index contributed by atoms with van der Waals surface area (Å²) in [6, 6.07) is 31.4. The zero-order chi connectivity index (χ0) is 21.8. The Morgan fingerprint density at radius 1 is 0.875 bits per heavy atom. The number of aromatic nitrogens is 1. The zero-order valence-corrected chi connectivity index (χ0v) is 19.1. The monoisotopic (exact) mass is 437 g/mol. The molecule has 0 bridgehead atoms. The predicted molar refractivity (Wildman–Crippen MR) is 136 cm³/mol. The van der Waals surface area contributed by atoms with Crippen molar-refractivity contribution in [3.8, 4) is 21.8 Å². The minimum atomic E-state index is 0.674. The van der Waals surface area contributed by atoms with Gasteiger partial charge in [-0.05, 0) is 18.8 Å². The lowest BCUT2D eigenvalue weighted by Gasteiger charge is -2.33. The summed E-state index contributed by atoms with van der Waals surface area (Å²) in [5.74, 6) is 1.73. The minimum Gasteiger partial charge on any atom is -0.356 e. The maximum absolute atomic E-state index is 5.31. The third kappa shape index (κ3) is 4.51. The van der Waals surface area contributed by atoms with Crippen molar-refractivity contribution < 1.29 is 0 Å². The van der Waals surface area contributed by atoms with Gasteiger partial charge in [0.25, 0.3) is 0 Å². The first-order valence-electron chi connectivity index (χ1n) is 11.3. The van der Waals surface area contributed by atoms with Crippen LogP contribution in [0.25, 0.3) is 21.8 Å². The molecule has 1 aliphatic heterocycles. The molecule has 4 heteroatoms. The van der Waals surface area contributed by atoms with Gasteiger partial charge in [0, 0.05) is 29.8 Å². The molecule has 1 aromatic heterocycles. The van der Waals surface area contributed by atoms with Gasteiger partial charge in [-0.25, -0.2) is 9.98 Å². The fourth-order valence-electron chi connectivity index (χ4n) is 4.26. The molecule has 1 unspecified atom stereocenters. The quantitative estimate of drug-likeness (QED) is 0.248. The van der Waals surface area contributed by atoms with E-state index in [0.717, 1.165) is 51.3 Å².